The first-order chi connectivity index (χ1) is 8.48. The Morgan fingerprint density at radius 3 is 2.56 bits per heavy atom. The van der Waals surface area contributed by atoms with Gasteiger partial charge in [0.2, 0.25) is 5.91 Å². The maximum absolute atomic E-state index is 12.8. The molecule has 1 atom stereocenters. The van der Waals surface area contributed by atoms with Crippen LogP contribution in [-0.2, 0) is 4.79 Å². The fourth-order valence-electron chi connectivity index (χ4n) is 3.68. The van der Waals surface area contributed by atoms with Gasteiger partial charge in [-0.25, -0.2) is 0 Å². The molecule has 1 saturated carbocycles. The Morgan fingerprint density at radius 2 is 2.00 bits per heavy atom. The Kier molecular flexibility index (Phi) is 3.97. The largest absolute Gasteiger partial charge is 0.338 e. The highest BCUT2D eigenvalue weighted by Gasteiger charge is 2.49. The zero-order valence-electron chi connectivity index (χ0n) is 12.0. The van der Waals surface area contributed by atoms with Crippen molar-refractivity contribution in [3.8, 4) is 0 Å². The molecular weight excluding hydrogens is 226 g/mol. The lowest BCUT2D eigenvalue weighted by atomic mass is 9.61. The zero-order chi connectivity index (χ0) is 13.3. The summed E-state index contributed by atoms with van der Waals surface area (Å²) in [6, 6.07) is 0.310. The van der Waals surface area contributed by atoms with Crippen LogP contribution in [0.15, 0.2) is 0 Å². The molecular formula is C14H27N3O. The summed E-state index contributed by atoms with van der Waals surface area (Å²) in [6.45, 7) is 7.82. The van der Waals surface area contributed by atoms with E-state index in [-0.39, 0.29) is 5.41 Å². The summed E-state index contributed by atoms with van der Waals surface area (Å²) < 4.78 is 0. The lowest BCUT2D eigenvalue weighted by Crippen LogP contribution is -2.57. The number of hydrogen-bond donors (Lipinski definition) is 1. The van der Waals surface area contributed by atoms with Crippen molar-refractivity contribution in [2.45, 2.75) is 39.2 Å². The van der Waals surface area contributed by atoms with Gasteiger partial charge in [-0.2, -0.15) is 0 Å². The molecule has 2 fully saturated rings. The average Bonchev–Trinajstić information content (AvgIpc) is 2.44. The Morgan fingerprint density at radius 1 is 1.33 bits per heavy atom. The van der Waals surface area contributed by atoms with Gasteiger partial charge >= 0.3 is 0 Å². The van der Waals surface area contributed by atoms with Gasteiger partial charge in [0.1, 0.15) is 0 Å². The molecule has 2 rings (SSSR count). The van der Waals surface area contributed by atoms with E-state index in [9.17, 15) is 4.79 Å². The Balaban J connectivity index is 2.07. The molecule has 0 aromatic heterocycles. The first-order valence-electron chi connectivity index (χ1n) is 7.18. The number of amides is 1. The minimum absolute atomic E-state index is 0.239. The van der Waals surface area contributed by atoms with Crippen molar-refractivity contribution in [3.63, 3.8) is 0 Å². The van der Waals surface area contributed by atoms with Gasteiger partial charge in [0, 0.05) is 25.7 Å². The van der Waals surface area contributed by atoms with Gasteiger partial charge < -0.3 is 15.5 Å². The third-order valence-corrected chi connectivity index (χ3v) is 4.63. The molecule has 2 N–H and O–H groups in total. The molecule has 0 bridgehead atoms. The number of nitrogens with zero attached hydrogens (tertiary/aromatic N) is 2. The first-order valence-corrected chi connectivity index (χ1v) is 7.18. The summed E-state index contributed by atoms with van der Waals surface area (Å²) in [7, 11) is 2.13. The van der Waals surface area contributed by atoms with Gasteiger partial charge in [-0.3, -0.25) is 4.79 Å². The molecule has 0 spiro atoms. The highest BCUT2D eigenvalue weighted by atomic mass is 16.2. The number of carbonyl (C=O) groups excluding carboxylic acids is 1. The predicted octanol–water partition coefficient (Wildman–Crippen LogP) is 0.914. The fraction of sp³-hybridized carbons (Fsp3) is 0.929. The van der Waals surface area contributed by atoms with Gasteiger partial charge in [0.15, 0.2) is 0 Å². The summed E-state index contributed by atoms with van der Waals surface area (Å²) >= 11 is 0. The van der Waals surface area contributed by atoms with Crippen molar-refractivity contribution in [1.82, 2.24) is 9.80 Å². The first kappa shape index (κ1) is 13.8. The van der Waals surface area contributed by atoms with Crippen molar-refractivity contribution < 1.29 is 4.79 Å². The summed E-state index contributed by atoms with van der Waals surface area (Å²) in [5.74, 6) is 0.966. The second-order valence-electron chi connectivity index (χ2n) is 6.46. The second-order valence-corrected chi connectivity index (χ2v) is 6.46. The Hall–Kier alpha value is -0.610. The summed E-state index contributed by atoms with van der Waals surface area (Å²) in [5.41, 5.74) is 5.65. The zero-order valence-corrected chi connectivity index (χ0v) is 12.0. The van der Waals surface area contributed by atoms with E-state index in [1.165, 1.54) is 0 Å². The Labute approximate surface area is 110 Å². The van der Waals surface area contributed by atoms with E-state index < -0.39 is 0 Å². The van der Waals surface area contributed by atoms with Gasteiger partial charge in [-0.1, -0.05) is 6.92 Å². The van der Waals surface area contributed by atoms with Gasteiger partial charge in [-0.15, -0.1) is 0 Å². The monoisotopic (exact) mass is 253 g/mol. The van der Waals surface area contributed by atoms with Crippen LogP contribution in [0.3, 0.4) is 0 Å². The summed E-state index contributed by atoms with van der Waals surface area (Å²) in [6.07, 6.45) is 3.02. The topological polar surface area (TPSA) is 49.6 Å². The Bertz CT molecular complexity index is 312. The van der Waals surface area contributed by atoms with Crippen LogP contribution >= 0.6 is 0 Å². The van der Waals surface area contributed by atoms with Gasteiger partial charge in [0.25, 0.3) is 0 Å². The summed E-state index contributed by atoms with van der Waals surface area (Å²) in [5, 5.41) is 0. The highest BCUT2D eigenvalue weighted by Crippen LogP contribution is 2.46. The van der Waals surface area contributed by atoms with E-state index in [1.54, 1.807) is 0 Å². The molecule has 0 aromatic rings. The third-order valence-electron chi connectivity index (χ3n) is 4.63. The van der Waals surface area contributed by atoms with Crippen LogP contribution in [0.25, 0.3) is 0 Å². The van der Waals surface area contributed by atoms with Crippen LogP contribution in [0.4, 0.5) is 0 Å². The van der Waals surface area contributed by atoms with Crippen molar-refractivity contribution in [2.75, 3.05) is 33.2 Å². The van der Waals surface area contributed by atoms with Crippen molar-refractivity contribution in [3.05, 3.63) is 0 Å². The van der Waals surface area contributed by atoms with E-state index in [0.717, 1.165) is 38.9 Å². The van der Waals surface area contributed by atoms with Crippen LogP contribution in [0.2, 0.25) is 0 Å². The van der Waals surface area contributed by atoms with E-state index in [2.05, 4.69) is 30.7 Å². The average molecular weight is 253 g/mol. The maximum atomic E-state index is 12.8. The minimum atomic E-state index is -0.239. The molecule has 1 aliphatic carbocycles. The van der Waals surface area contributed by atoms with E-state index >= 15 is 0 Å². The van der Waals surface area contributed by atoms with Crippen LogP contribution in [0.1, 0.15) is 33.1 Å². The van der Waals surface area contributed by atoms with Crippen LogP contribution < -0.4 is 5.73 Å². The molecule has 104 valence electrons. The molecule has 1 amide bonds. The fourth-order valence-corrected chi connectivity index (χ4v) is 3.68. The molecule has 1 aliphatic heterocycles. The maximum Gasteiger partial charge on any atom is 0.230 e. The number of nitrogens with two attached hydrogens (primary N) is 1. The molecule has 0 aromatic carbocycles. The molecule has 2 aliphatic rings. The number of likely N-dealkylation sites (N-methyl/N-ethyl adjacent to an activating group) is 1. The van der Waals surface area contributed by atoms with Crippen LogP contribution in [0, 0.1) is 11.3 Å². The second kappa shape index (κ2) is 5.17. The quantitative estimate of drug-likeness (QED) is 0.796. The minimum Gasteiger partial charge on any atom is -0.338 e. The molecule has 0 radical (unpaired) electrons. The standard InChI is InChI=1S/C14H27N3O/c1-11-7-14(8-11,10-15)13(18)17-6-4-5-16(3)9-12(17)2/h11-12H,4-10,15H2,1-3H3. The van der Waals surface area contributed by atoms with E-state index in [0.29, 0.717) is 24.4 Å². The van der Waals surface area contributed by atoms with Crippen molar-refractivity contribution in [2.24, 2.45) is 17.1 Å². The van der Waals surface area contributed by atoms with Crippen molar-refractivity contribution in [1.29, 1.82) is 0 Å². The molecule has 1 heterocycles. The normalized spacial score (nSPS) is 38.1. The number of carbonyl (C=O) groups is 1. The summed E-state index contributed by atoms with van der Waals surface area (Å²) in [4.78, 5) is 17.2. The third kappa shape index (κ3) is 2.41. The molecule has 1 saturated heterocycles. The van der Waals surface area contributed by atoms with Gasteiger partial charge in [0.05, 0.1) is 5.41 Å². The lowest BCUT2D eigenvalue weighted by molar-refractivity contribution is -0.151. The molecule has 4 nitrogen and oxygen atoms in total. The van der Waals surface area contributed by atoms with Crippen LogP contribution in [0.5, 0.6) is 0 Å². The lowest BCUT2D eigenvalue weighted by Gasteiger charge is -2.47. The van der Waals surface area contributed by atoms with E-state index in [4.69, 9.17) is 5.73 Å². The van der Waals surface area contributed by atoms with Crippen molar-refractivity contribution >= 4 is 5.91 Å². The van der Waals surface area contributed by atoms with Crippen LogP contribution in [-0.4, -0.2) is 55.0 Å². The van der Waals surface area contributed by atoms with E-state index in [1.807, 2.05) is 0 Å². The van der Waals surface area contributed by atoms with Gasteiger partial charge in [-0.05, 0) is 45.7 Å². The molecule has 1 unspecified atom stereocenters. The smallest absolute Gasteiger partial charge is 0.230 e. The number of hydrogen-bond acceptors (Lipinski definition) is 3. The number of rotatable bonds is 2. The predicted molar refractivity (Wildman–Crippen MR) is 73.2 cm³/mol. The molecule has 18 heavy (non-hydrogen) atoms. The molecule has 4 heteroatoms. The SMILES string of the molecule is CC1CC(CN)(C(=O)N2CCCN(C)CC2C)C1. The highest BCUT2D eigenvalue weighted by molar-refractivity contribution is 5.84.